The Kier molecular flexibility index (Phi) is 6.45. The molecular formula is C14H21ClN2O3. The number of likely N-dealkylation sites (N-methyl/N-ethyl adjacent to an activating group) is 1. The molecule has 112 valence electrons. The van der Waals surface area contributed by atoms with Crippen LogP contribution in [0.3, 0.4) is 0 Å². The van der Waals surface area contributed by atoms with Crippen LogP contribution in [0.25, 0.3) is 0 Å². The van der Waals surface area contributed by atoms with Crippen molar-refractivity contribution in [2.24, 2.45) is 0 Å². The molecule has 0 heterocycles. The number of benzene rings is 1. The Hall–Kier alpha value is -1.62. The van der Waals surface area contributed by atoms with E-state index in [-0.39, 0.29) is 12.5 Å². The summed E-state index contributed by atoms with van der Waals surface area (Å²) in [6, 6.07) is 3.38. The Bertz CT molecular complexity index is 462. The number of carbonyl (C=O) groups excluding carboxylic acids is 1. The number of amides is 1. The van der Waals surface area contributed by atoms with Gasteiger partial charge in [-0.2, -0.15) is 0 Å². The lowest BCUT2D eigenvalue weighted by Gasteiger charge is -2.20. The Morgan fingerprint density at radius 2 is 1.80 bits per heavy atom. The summed E-state index contributed by atoms with van der Waals surface area (Å²) in [5.74, 6) is 1.15. The standard InChI is InChI=1S/C14H21ClN2O3/c1-5-17(6-2)14(18)9-16-11-7-10(15)12(19-3)8-13(11)20-4/h7-8,16H,5-6,9H2,1-4H3. The van der Waals surface area contributed by atoms with Gasteiger partial charge in [0.2, 0.25) is 5.91 Å². The van der Waals surface area contributed by atoms with Crippen LogP contribution in [0.4, 0.5) is 5.69 Å². The van der Waals surface area contributed by atoms with Crippen LogP contribution < -0.4 is 14.8 Å². The van der Waals surface area contributed by atoms with Crippen LogP contribution in [-0.2, 0) is 4.79 Å². The third-order valence-corrected chi connectivity index (χ3v) is 3.32. The summed E-state index contributed by atoms with van der Waals surface area (Å²) in [4.78, 5) is 13.7. The van der Waals surface area contributed by atoms with Gasteiger partial charge < -0.3 is 19.7 Å². The second-order valence-electron chi connectivity index (χ2n) is 4.11. The van der Waals surface area contributed by atoms with Crippen molar-refractivity contribution in [1.29, 1.82) is 0 Å². The Morgan fingerprint density at radius 1 is 1.20 bits per heavy atom. The van der Waals surface area contributed by atoms with Crippen LogP contribution >= 0.6 is 11.6 Å². The Morgan fingerprint density at radius 3 is 2.30 bits per heavy atom. The molecule has 1 rings (SSSR count). The zero-order valence-electron chi connectivity index (χ0n) is 12.3. The molecule has 1 aromatic carbocycles. The summed E-state index contributed by atoms with van der Waals surface area (Å²) < 4.78 is 10.4. The number of rotatable bonds is 7. The first-order chi connectivity index (χ1) is 9.57. The number of nitrogens with one attached hydrogen (secondary N) is 1. The molecule has 0 fully saturated rings. The van der Waals surface area contributed by atoms with Gasteiger partial charge in [0.05, 0.1) is 31.5 Å². The highest BCUT2D eigenvalue weighted by molar-refractivity contribution is 6.32. The third kappa shape index (κ3) is 3.93. The second kappa shape index (κ2) is 7.85. The molecule has 20 heavy (non-hydrogen) atoms. The van der Waals surface area contributed by atoms with Crippen molar-refractivity contribution in [3.63, 3.8) is 0 Å². The number of halogens is 1. The predicted octanol–water partition coefficient (Wildman–Crippen LogP) is 2.64. The lowest BCUT2D eigenvalue weighted by Crippen LogP contribution is -2.35. The van der Waals surface area contributed by atoms with Crippen LogP contribution in [0.2, 0.25) is 5.02 Å². The maximum absolute atomic E-state index is 12.0. The van der Waals surface area contributed by atoms with Crippen LogP contribution in [0.1, 0.15) is 13.8 Å². The van der Waals surface area contributed by atoms with Gasteiger partial charge in [-0.05, 0) is 19.9 Å². The van der Waals surface area contributed by atoms with Gasteiger partial charge in [0.25, 0.3) is 0 Å². The molecule has 0 saturated carbocycles. The van der Waals surface area contributed by atoms with E-state index in [1.54, 1.807) is 24.1 Å². The van der Waals surface area contributed by atoms with E-state index in [4.69, 9.17) is 21.1 Å². The van der Waals surface area contributed by atoms with Gasteiger partial charge in [-0.3, -0.25) is 4.79 Å². The van der Waals surface area contributed by atoms with Crippen molar-refractivity contribution in [1.82, 2.24) is 4.90 Å². The first-order valence-electron chi connectivity index (χ1n) is 6.50. The van der Waals surface area contributed by atoms with Crippen molar-refractivity contribution >= 4 is 23.2 Å². The van der Waals surface area contributed by atoms with E-state index in [0.717, 1.165) is 0 Å². The number of hydrogen-bond donors (Lipinski definition) is 1. The van der Waals surface area contributed by atoms with Gasteiger partial charge in [0.15, 0.2) is 0 Å². The highest BCUT2D eigenvalue weighted by Gasteiger charge is 2.13. The minimum atomic E-state index is 0.0315. The molecule has 1 amide bonds. The van der Waals surface area contributed by atoms with E-state index in [1.807, 2.05) is 13.8 Å². The molecule has 0 aliphatic rings. The minimum absolute atomic E-state index is 0.0315. The normalized spacial score (nSPS) is 10.1. The molecule has 0 aromatic heterocycles. The second-order valence-corrected chi connectivity index (χ2v) is 4.51. The van der Waals surface area contributed by atoms with Crippen LogP contribution in [0.5, 0.6) is 11.5 Å². The number of carbonyl (C=O) groups is 1. The molecule has 0 atom stereocenters. The smallest absolute Gasteiger partial charge is 0.241 e. The van der Waals surface area contributed by atoms with E-state index in [9.17, 15) is 4.79 Å². The summed E-state index contributed by atoms with van der Waals surface area (Å²) in [7, 11) is 3.09. The zero-order valence-corrected chi connectivity index (χ0v) is 13.1. The molecule has 0 bridgehead atoms. The average molecular weight is 301 g/mol. The van der Waals surface area contributed by atoms with Crippen molar-refractivity contribution in [2.75, 3.05) is 39.2 Å². The fourth-order valence-electron chi connectivity index (χ4n) is 1.86. The monoisotopic (exact) mass is 300 g/mol. The van der Waals surface area contributed by atoms with E-state index >= 15 is 0 Å². The molecular weight excluding hydrogens is 280 g/mol. The summed E-state index contributed by atoms with van der Waals surface area (Å²) >= 11 is 6.07. The fourth-order valence-corrected chi connectivity index (χ4v) is 2.10. The number of anilines is 1. The average Bonchev–Trinajstić information content (AvgIpc) is 2.46. The van der Waals surface area contributed by atoms with E-state index < -0.39 is 0 Å². The SMILES string of the molecule is CCN(CC)C(=O)CNc1cc(Cl)c(OC)cc1OC. The van der Waals surface area contributed by atoms with Crippen molar-refractivity contribution in [3.05, 3.63) is 17.2 Å². The zero-order chi connectivity index (χ0) is 15.1. The number of hydrogen-bond acceptors (Lipinski definition) is 4. The van der Waals surface area contributed by atoms with Gasteiger partial charge in [-0.25, -0.2) is 0 Å². The third-order valence-electron chi connectivity index (χ3n) is 3.02. The van der Waals surface area contributed by atoms with Gasteiger partial charge in [-0.15, -0.1) is 0 Å². The van der Waals surface area contributed by atoms with E-state index in [2.05, 4.69) is 5.32 Å². The molecule has 0 unspecified atom stereocenters. The van der Waals surface area contributed by atoms with E-state index in [0.29, 0.717) is 35.3 Å². The largest absolute Gasteiger partial charge is 0.495 e. The molecule has 5 nitrogen and oxygen atoms in total. The van der Waals surface area contributed by atoms with Gasteiger partial charge >= 0.3 is 0 Å². The van der Waals surface area contributed by atoms with Gasteiger partial charge in [-0.1, -0.05) is 11.6 Å². The fraction of sp³-hybridized carbons (Fsp3) is 0.500. The molecule has 0 radical (unpaired) electrons. The predicted molar refractivity (Wildman–Crippen MR) is 81.0 cm³/mol. The van der Waals surface area contributed by atoms with Crippen molar-refractivity contribution in [3.8, 4) is 11.5 Å². The topological polar surface area (TPSA) is 50.8 Å². The highest BCUT2D eigenvalue weighted by Crippen LogP contribution is 2.35. The summed E-state index contributed by atoms with van der Waals surface area (Å²) in [5.41, 5.74) is 0.666. The molecule has 1 aromatic rings. The highest BCUT2D eigenvalue weighted by atomic mass is 35.5. The first kappa shape index (κ1) is 16.4. The van der Waals surface area contributed by atoms with Crippen molar-refractivity contribution < 1.29 is 14.3 Å². The van der Waals surface area contributed by atoms with Crippen LogP contribution in [-0.4, -0.2) is 44.7 Å². The summed E-state index contributed by atoms with van der Waals surface area (Å²) in [6.07, 6.45) is 0. The Balaban J connectivity index is 2.82. The maximum Gasteiger partial charge on any atom is 0.241 e. The molecule has 6 heteroatoms. The summed E-state index contributed by atoms with van der Waals surface area (Å²) in [6.45, 7) is 5.48. The molecule has 0 saturated heterocycles. The van der Waals surface area contributed by atoms with E-state index in [1.165, 1.54) is 7.11 Å². The lowest BCUT2D eigenvalue weighted by molar-refractivity contribution is -0.128. The first-order valence-corrected chi connectivity index (χ1v) is 6.88. The van der Waals surface area contributed by atoms with Crippen molar-refractivity contribution in [2.45, 2.75) is 13.8 Å². The van der Waals surface area contributed by atoms with Gasteiger partial charge in [0.1, 0.15) is 11.5 Å². The molecule has 0 spiro atoms. The molecule has 0 aliphatic heterocycles. The van der Waals surface area contributed by atoms with Crippen LogP contribution in [0, 0.1) is 0 Å². The maximum atomic E-state index is 12.0. The molecule has 0 aliphatic carbocycles. The molecule has 1 N–H and O–H groups in total. The summed E-state index contributed by atoms with van der Waals surface area (Å²) in [5, 5.41) is 3.51. The quantitative estimate of drug-likeness (QED) is 0.841. The number of methoxy groups -OCH3 is 2. The lowest BCUT2D eigenvalue weighted by atomic mass is 10.2. The number of nitrogens with zero attached hydrogens (tertiary/aromatic N) is 1. The minimum Gasteiger partial charge on any atom is -0.495 e. The number of ether oxygens (including phenoxy) is 2. The van der Waals surface area contributed by atoms with Crippen LogP contribution in [0.15, 0.2) is 12.1 Å². The van der Waals surface area contributed by atoms with Gasteiger partial charge in [0, 0.05) is 19.2 Å². The Labute approximate surface area is 124 Å².